The van der Waals surface area contributed by atoms with Gasteiger partial charge in [0.05, 0.1) is 0 Å². The molecule has 1 heteroatoms. The maximum absolute atomic E-state index is 5.52. The van der Waals surface area contributed by atoms with E-state index in [1.54, 1.807) is 0 Å². The Morgan fingerprint density at radius 2 is 0.741 bits per heavy atom. The van der Waals surface area contributed by atoms with Crippen molar-refractivity contribution >= 4 is 0 Å². The zero-order valence-corrected chi connectivity index (χ0v) is 19.0. The first-order valence-corrected chi connectivity index (χ1v) is 13.0. The molecule has 0 saturated heterocycles. The second-order valence-corrected chi connectivity index (χ2v) is 9.62. The average molecular weight is 380 g/mol. The third-order valence-electron chi connectivity index (χ3n) is 6.81. The molecule has 0 heterocycles. The summed E-state index contributed by atoms with van der Waals surface area (Å²) in [5.74, 6) is 2.17. The Balaban J connectivity index is 1.60. The Morgan fingerprint density at radius 1 is 0.481 bits per heavy atom. The van der Waals surface area contributed by atoms with Crippen molar-refractivity contribution in [2.45, 2.75) is 148 Å². The molecule has 1 nitrogen and oxygen atoms in total. The Morgan fingerprint density at radius 3 is 1.00 bits per heavy atom. The predicted molar refractivity (Wildman–Crippen MR) is 123 cm³/mol. The van der Waals surface area contributed by atoms with E-state index in [-0.39, 0.29) is 0 Å². The topological polar surface area (TPSA) is 26.0 Å². The Kier molecular flexibility index (Phi) is 17.9. The zero-order valence-electron chi connectivity index (χ0n) is 19.0. The highest BCUT2D eigenvalue weighted by Gasteiger charge is 2.31. The minimum atomic E-state index is 0.875. The summed E-state index contributed by atoms with van der Waals surface area (Å²) in [4.78, 5) is 0. The summed E-state index contributed by atoms with van der Waals surface area (Å²) in [5, 5.41) is 0. The van der Waals surface area contributed by atoms with Crippen LogP contribution in [0.3, 0.4) is 0 Å². The highest BCUT2D eigenvalue weighted by Crippen LogP contribution is 2.41. The van der Waals surface area contributed by atoms with Crippen molar-refractivity contribution < 1.29 is 0 Å². The number of rotatable bonds is 22. The van der Waals surface area contributed by atoms with Gasteiger partial charge in [0.1, 0.15) is 0 Å². The van der Waals surface area contributed by atoms with Gasteiger partial charge in [0.15, 0.2) is 0 Å². The fourth-order valence-corrected chi connectivity index (χ4v) is 4.53. The quantitative estimate of drug-likeness (QED) is 0.187. The largest absolute Gasteiger partial charge is 0.330 e. The molecule has 2 N–H and O–H groups in total. The predicted octanol–water partition coefficient (Wildman–Crippen LogP) is 8.79. The lowest BCUT2D eigenvalue weighted by molar-refractivity contribution is 0.516. The molecule has 1 rings (SSSR count). The van der Waals surface area contributed by atoms with Crippen LogP contribution < -0.4 is 5.73 Å². The molecule has 1 aliphatic carbocycles. The molecule has 0 spiro atoms. The van der Waals surface area contributed by atoms with E-state index < -0.39 is 0 Å². The van der Waals surface area contributed by atoms with Gasteiger partial charge >= 0.3 is 0 Å². The van der Waals surface area contributed by atoms with Gasteiger partial charge in [-0.2, -0.15) is 0 Å². The van der Waals surface area contributed by atoms with Crippen LogP contribution in [0.5, 0.6) is 0 Å². The molecule has 27 heavy (non-hydrogen) atoms. The van der Waals surface area contributed by atoms with Crippen LogP contribution in [0.2, 0.25) is 0 Å². The van der Waals surface area contributed by atoms with Crippen LogP contribution >= 0.6 is 0 Å². The van der Waals surface area contributed by atoms with E-state index in [4.69, 9.17) is 5.73 Å². The minimum absolute atomic E-state index is 0.875. The number of hydrogen-bond acceptors (Lipinski definition) is 1. The Bertz CT molecular complexity index is 288. The van der Waals surface area contributed by atoms with Gasteiger partial charge in [-0.05, 0) is 31.2 Å². The summed E-state index contributed by atoms with van der Waals surface area (Å²) in [5.41, 5.74) is 5.52. The smallest absolute Gasteiger partial charge is 0.00773 e. The summed E-state index contributed by atoms with van der Waals surface area (Å²) in [6.45, 7) is 3.29. The van der Waals surface area contributed by atoms with Crippen LogP contribution in [0, 0.1) is 11.8 Å². The third-order valence-corrected chi connectivity index (χ3v) is 6.81. The number of hydrogen-bond donors (Lipinski definition) is 1. The van der Waals surface area contributed by atoms with E-state index in [0.717, 1.165) is 18.4 Å². The molecule has 0 amide bonds. The second kappa shape index (κ2) is 19.3. The molecule has 0 aliphatic heterocycles. The maximum Gasteiger partial charge on any atom is -0.00773 e. The average Bonchev–Trinajstić information content (AvgIpc) is 3.38. The monoisotopic (exact) mass is 379 g/mol. The fourth-order valence-electron chi connectivity index (χ4n) is 4.53. The van der Waals surface area contributed by atoms with Gasteiger partial charge in [0, 0.05) is 0 Å². The van der Waals surface area contributed by atoms with E-state index in [2.05, 4.69) is 6.92 Å². The maximum atomic E-state index is 5.52. The van der Waals surface area contributed by atoms with Gasteiger partial charge in [-0.1, -0.05) is 135 Å². The molecular weight excluding hydrogens is 326 g/mol. The Labute approximate surface area is 172 Å². The number of unbranched alkanes of at least 4 members (excludes halogenated alkanes) is 19. The van der Waals surface area contributed by atoms with E-state index in [1.165, 1.54) is 141 Å². The van der Waals surface area contributed by atoms with Gasteiger partial charge in [-0.25, -0.2) is 0 Å². The number of nitrogens with two attached hydrogens (primary N) is 1. The lowest BCUT2D eigenvalue weighted by atomic mass is 10.0. The molecule has 1 aliphatic rings. The van der Waals surface area contributed by atoms with Gasteiger partial charge < -0.3 is 5.73 Å². The van der Waals surface area contributed by atoms with Crippen molar-refractivity contribution in [1.29, 1.82) is 0 Å². The molecule has 0 aromatic rings. The van der Waals surface area contributed by atoms with Crippen LogP contribution in [0.15, 0.2) is 0 Å². The summed E-state index contributed by atoms with van der Waals surface area (Å²) in [6.07, 6.45) is 32.2. The molecule has 0 radical (unpaired) electrons. The summed E-state index contributed by atoms with van der Waals surface area (Å²) >= 11 is 0. The first-order chi connectivity index (χ1) is 13.3. The summed E-state index contributed by atoms with van der Waals surface area (Å²) in [7, 11) is 0. The molecular formula is C26H53N. The van der Waals surface area contributed by atoms with Crippen LogP contribution in [-0.2, 0) is 0 Å². The third kappa shape index (κ3) is 17.8. The van der Waals surface area contributed by atoms with Gasteiger partial charge in [-0.3, -0.25) is 0 Å². The molecule has 1 saturated carbocycles. The fraction of sp³-hybridized carbons (Fsp3) is 1.00. The van der Waals surface area contributed by atoms with Crippen molar-refractivity contribution in [3.05, 3.63) is 0 Å². The van der Waals surface area contributed by atoms with Crippen molar-refractivity contribution in [2.75, 3.05) is 6.54 Å². The standard InChI is InChI=1S/C26H53N/c1-25-24-26(25)22-20-18-16-14-12-10-8-6-4-2-3-5-7-9-11-13-15-17-19-21-23-27/h25-26H,2-24,27H2,1H3. The lowest BCUT2D eigenvalue weighted by Crippen LogP contribution is -1.97. The van der Waals surface area contributed by atoms with Gasteiger partial charge in [0.2, 0.25) is 0 Å². The molecule has 162 valence electrons. The van der Waals surface area contributed by atoms with Crippen molar-refractivity contribution in [2.24, 2.45) is 17.6 Å². The van der Waals surface area contributed by atoms with Gasteiger partial charge in [0.25, 0.3) is 0 Å². The molecule has 2 atom stereocenters. The molecule has 0 aromatic carbocycles. The first-order valence-electron chi connectivity index (χ1n) is 13.0. The second-order valence-electron chi connectivity index (χ2n) is 9.62. The zero-order chi connectivity index (χ0) is 19.4. The van der Waals surface area contributed by atoms with E-state index in [0.29, 0.717) is 0 Å². The van der Waals surface area contributed by atoms with Crippen LogP contribution in [0.25, 0.3) is 0 Å². The SMILES string of the molecule is CC1CC1CCCCCCCCCCCCCCCCCCCCCCN. The Hall–Kier alpha value is -0.0400. The van der Waals surface area contributed by atoms with Gasteiger partial charge in [-0.15, -0.1) is 0 Å². The molecule has 1 fully saturated rings. The van der Waals surface area contributed by atoms with Crippen molar-refractivity contribution in [3.63, 3.8) is 0 Å². The van der Waals surface area contributed by atoms with E-state index in [1.807, 2.05) is 0 Å². The van der Waals surface area contributed by atoms with E-state index in [9.17, 15) is 0 Å². The van der Waals surface area contributed by atoms with Crippen LogP contribution in [0.1, 0.15) is 148 Å². The van der Waals surface area contributed by atoms with Crippen LogP contribution in [0.4, 0.5) is 0 Å². The van der Waals surface area contributed by atoms with Crippen LogP contribution in [-0.4, -0.2) is 6.54 Å². The van der Waals surface area contributed by atoms with E-state index >= 15 is 0 Å². The van der Waals surface area contributed by atoms with Crippen molar-refractivity contribution in [1.82, 2.24) is 0 Å². The highest BCUT2D eigenvalue weighted by molar-refractivity contribution is 4.81. The highest BCUT2D eigenvalue weighted by atomic mass is 14.5. The molecule has 0 bridgehead atoms. The molecule has 0 aromatic heterocycles. The summed E-state index contributed by atoms with van der Waals surface area (Å²) in [6, 6.07) is 0. The molecule has 2 unspecified atom stereocenters. The normalized spacial score (nSPS) is 18.9. The van der Waals surface area contributed by atoms with Crippen molar-refractivity contribution in [3.8, 4) is 0 Å². The summed E-state index contributed by atoms with van der Waals surface area (Å²) < 4.78 is 0. The first kappa shape index (κ1) is 25.0. The lowest BCUT2D eigenvalue weighted by Gasteiger charge is -2.04. The minimum Gasteiger partial charge on any atom is -0.330 e.